The van der Waals surface area contributed by atoms with Crippen LogP contribution in [0.15, 0.2) is 12.1 Å². The van der Waals surface area contributed by atoms with Crippen molar-refractivity contribution >= 4 is 21.8 Å². The average molecular weight is 362 g/mol. The van der Waals surface area contributed by atoms with E-state index >= 15 is 0 Å². The van der Waals surface area contributed by atoms with Crippen molar-refractivity contribution in [3.63, 3.8) is 0 Å². The van der Waals surface area contributed by atoms with Crippen LogP contribution in [0.25, 0.3) is 0 Å². The van der Waals surface area contributed by atoms with E-state index < -0.39 is 11.6 Å². The normalized spacial score (nSPS) is 16.3. The quantitative estimate of drug-likeness (QED) is 0.770. The molecule has 1 aliphatic rings. The van der Waals surface area contributed by atoms with Crippen LogP contribution < -0.4 is 0 Å². The Labute approximate surface area is 131 Å². The first-order chi connectivity index (χ1) is 10.0. The van der Waals surface area contributed by atoms with E-state index in [2.05, 4.69) is 15.9 Å². The van der Waals surface area contributed by atoms with Gasteiger partial charge in [0.05, 0.1) is 18.3 Å². The fourth-order valence-corrected chi connectivity index (χ4v) is 2.62. The molecule has 0 bridgehead atoms. The highest BCUT2D eigenvalue weighted by atomic mass is 79.9. The zero-order chi connectivity index (χ0) is 15.4. The predicted octanol–water partition coefficient (Wildman–Crippen LogP) is 3.29. The maximum atomic E-state index is 13.8. The standard InChI is InChI=1S/C15H18BrF2NO2/c1-10-8-12(14(18)9-13(10)17)15(20)19-5-2-11(3-6-19)21-7-4-16/h8-9,11H,2-7H2,1H3. The predicted molar refractivity (Wildman–Crippen MR) is 79.8 cm³/mol. The van der Waals surface area contributed by atoms with E-state index in [1.165, 1.54) is 13.0 Å². The van der Waals surface area contributed by atoms with Gasteiger partial charge in [-0.25, -0.2) is 8.78 Å². The summed E-state index contributed by atoms with van der Waals surface area (Å²) in [6.45, 7) is 3.22. The molecule has 116 valence electrons. The number of carbonyl (C=O) groups is 1. The number of carbonyl (C=O) groups excluding carboxylic acids is 1. The Kier molecular flexibility index (Phi) is 5.70. The first-order valence-corrected chi connectivity index (χ1v) is 8.07. The zero-order valence-electron chi connectivity index (χ0n) is 11.9. The van der Waals surface area contributed by atoms with E-state index in [9.17, 15) is 13.6 Å². The van der Waals surface area contributed by atoms with Gasteiger partial charge in [-0.3, -0.25) is 4.79 Å². The molecule has 1 saturated heterocycles. The van der Waals surface area contributed by atoms with Gasteiger partial charge in [0.25, 0.3) is 5.91 Å². The number of amides is 1. The Morgan fingerprint density at radius 2 is 2.00 bits per heavy atom. The fourth-order valence-electron chi connectivity index (χ4n) is 2.43. The van der Waals surface area contributed by atoms with Gasteiger partial charge in [-0.15, -0.1) is 0 Å². The van der Waals surface area contributed by atoms with Gasteiger partial charge in [-0.2, -0.15) is 0 Å². The molecule has 0 aliphatic carbocycles. The highest BCUT2D eigenvalue weighted by Crippen LogP contribution is 2.20. The maximum absolute atomic E-state index is 13.8. The van der Waals surface area contributed by atoms with Crippen molar-refractivity contribution in [2.75, 3.05) is 25.0 Å². The molecule has 1 aromatic rings. The highest BCUT2D eigenvalue weighted by Gasteiger charge is 2.26. The molecule has 1 aliphatic heterocycles. The van der Waals surface area contributed by atoms with E-state index in [1.807, 2.05) is 0 Å². The maximum Gasteiger partial charge on any atom is 0.256 e. The number of hydrogen-bond donors (Lipinski definition) is 0. The number of halogens is 3. The lowest BCUT2D eigenvalue weighted by atomic mass is 10.0. The minimum absolute atomic E-state index is 0.0614. The van der Waals surface area contributed by atoms with Gasteiger partial charge < -0.3 is 9.64 Å². The summed E-state index contributed by atoms with van der Waals surface area (Å²) < 4.78 is 32.6. The molecule has 0 N–H and O–H groups in total. The monoisotopic (exact) mass is 361 g/mol. The lowest BCUT2D eigenvalue weighted by Crippen LogP contribution is -2.41. The van der Waals surface area contributed by atoms with Gasteiger partial charge in [0.2, 0.25) is 0 Å². The molecule has 1 fully saturated rings. The third-order valence-corrected chi connectivity index (χ3v) is 3.96. The molecule has 6 heteroatoms. The van der Waals surface area contributed by atoms with E-state index in [0.29, 0.717) is 19.7 Å². The average Bonchev–Trinajstić information content (AvgIpc) is 2.48. The molecule has 1 aromatic carbocycles. The van der Waals surface area contributed by atoms with Crippen LogP contribution in [0, 0.1) is 18.6 Å². The van der Waals surface area contributed by atoms with Crippen LogP contribution in [-0.2, 0) is 4.74 Å². The number of ether oxygens (including phenoxy) is 1. The number of piperidine rings is 1. The smallest absolute Gasteiger partial charge is 0.256 e. The number of alkyl halides is 1. The van der Waals surface area contributed by atoms with E-state index in [4.69, 9.17) is 4.74 Å². The van der Waals surface area contributed by atoms with Gasteiger partial charge in [0.1, 0.15) is 11.6 Å². The van der Waals surface area contributed by atoms with Crippen molar-refractivity contribution < 1.29 is 18.3 Å². The Hall–Kier alpha value is -1.01. The van der Waals surface area contributed by atoms with Crippen molar-refractivity contribution in [3.8, 4) is 0 Å². The molecule has 0 spiro atoms. The third-order valence-electron chi connectivity index (χ3n) is 3.64. The Bertz CT molecular complexity index is 517. The summed E-state index contributed by atoms with van der Waals surface area (Å²) in [4.78, 5) is 13.9. The molecule has 0 saturated carbocycles. The van der Waals surface area contributed by atoms with Crippen LogP contribution in [0.1, 0.15) is 28.8 Å². The van der Waals surface area contributed by atoms with Gasteiger partial charge in [0.15, 0.2) is 0 Å². The number of hydrogen-bond acceptors (Lipinski definition) is 2. The summed E-state index contributed by atoms with van der Waals surface area (Å²) in [7, 11) is 0. The SMILES string of the molecule is Cc1cc(C(=O)N2CCC(OCCBr)CC2)c(F)cc1F. The van der Waals surface area contributed by atoms with Crippen LogP contribution in [0.5, 0.6) is 0 Å². The Balaban J connectivity index is 2.00. The first-order valence-electron chi connectivity index (χ1n) is 6.95. The van der Waals surface area contributed by atoms with Crippen LogP contribution in [-0.4, -0.2) is 41.9 Å². The number of benzene rings is 1. The largest absolute Gasteiger partial charge is 0.377 e. The lowest BCUT2D eigenvalue weighted by Gasteiger charge is -2.32. The number of nitrogens with zero attached hydrogens (tertiary/aromatic N) is 1. The second-order valence-corrected chi connectivity index (χ2v) is 5.93. The fraction of sp³-hybridized carbons (Fsp3) is 0.533. The van der Waals surface area contributed by atoms with Crippen molar-refractivity contribution in [3.05, 3.63) is 34.9 Å². The molecule has 0 radical (unpaired) electrons. The molecule has 1 heterocycles. The molecule has 0 atom stereocenters. The van der Waals surface area contributed by atoms with E-state index in [0.717, 1.165) is 24.2 Å². The van der Waals surface area contributed by atoms with Crippen molar-refractivity contribution in [1.82, 2.24) is 4.90 Å². The molecule has 3 nitrogen and oxygen atoms in total. The molecule has 1 amide bonds. The summed E-state index contributed by atoms with van der Waals surface area (Å²) in [5, 5.41) is 0.784. The summed E-state index contributed by atoms with van der Waals surface area (Å²) in [6.07, 6.45) is 1.62. The molecular formula is C15H18BrF2NO2. The zero-order valence-corrected chi connectivity index (χ0v) is 13.5. The van der Waals surface area contributed by atoms with E-state index in [-0.39, 0.29) is 23.1 Å². The van der Waals surface area contributed by atoms with Crippen LogP contribution in [0.2, 0.25) is 0 Å². The van der Waals surface area contributed by atoms with Gasteiger partial charge in [-0.1, -0.05) is 15.9 Å². The molecular weight excluding hydrogens is 344 g/mol. The van der Waals surface area contributed by atoms with Gasteiger partial charge >= 0.3 is 0 Å². The third kappa shape index (κ3) is 4.01. The van der Waals surface area contributed by atoms with Crippen molar-refractivity contribution in [2.24, 2.45) is 0 Å². The molecule has 0 aromatic heterocycles. The van der Waals surface area contributed by atoms with Crippen LogP contribution in [0.3, 0.4) is 0 Å². The summed E-state index contributed by atoms with van der Waals surface area (Å²) >= 11 is 3.30. The summed E-state index contributed by atoms with van der Waals surface area (Å²) in [5.74, 6) is -1.82. The Morgan fingerprint density at radius 1 is 1.33 bits per heavy atom. The minimum atomic E-state index is -0.805. The summed E-state index contributed by atoms with van der Waals surface area (Å²) in [6, 6.07) is 2.05. The molecule has 2 rings (SSSR count). The molecule has 21 heavy (non-hydrogen) atoms. The minimum Gasteiger partial charge on any atom is -0.377 e. The van der Waals surface area contributed by atoms with Crippen molar-refractivity contribution in [2.45, 2.75) is 25.9 Å². The molecule has 0 unspecified atom stereocenters. The number of rotatable bonds is 4. The highest BCUT2D eigenvalue weighted by molar-refractivity contribution is 9.09. The number of aryl methyl sites for hydroxylation is 1. The van der Waals surface area contributed by atoms with E-state index in [1.54, 1.807) is 4.90 Å². The van der Waals surface area contributed by atoms with Gasteiger partial charge in [0, 0.05) is 24.5 Å². The topological polar surface area (TPSA) is 29.5 Å². The second-order valence-electron chi connectivity index (χ2n) is 5.13. The number of likely N-dealkylation sites (tertiary alicyclic amines) is 1. The van der Waals surface area contributed by atoms with Crippen LogP contribution in [0.4, 0.5) is 8.78 Å². The van der Waals surface area contributed by atoms with Gasteiger partial charge in [-0.05, 0) is 31.4 Å². The van der Waals surface area contributed by atoms with Crippen LogP contribution >= 0.6 is 15.9 Å². The summed E-state index contributed by atoms with van der Waals surface area (Å²) in [5.41, 5.74) is 0.212. The Morgan fingerprint density at radius 3 is 2.62 bits per heavy atom. The van der Waals surface area contributed by atoms with Crippen molar-refractivity contribution in [1.29, 1.82) is 0 Å². The second kappa shape index (κ2) is 7.31. The lowest BCUT2D eigenvalue weighted by molar-refractivity contribution is 0.0158. The first kappa shape index (κ1) is 16.4.